The lowest BCUT2D eigenvalue weighted by Crippen LogP contribution is -2.39. The molecule has 1 aromatic heterocycles. The number of guanidine groups is 1. The van der Waals surface area contributed by atoms with Crippen LogP contribution in [0.15, 0.2) is 9.52 Å². The number of aromatic nitrogens is 1. The van der Waals surface area contributed by atoms with Crippen LogP contribution < -0.4 is 10.6 Å². The van der Waals surface area contributed by atoms with Crippen LogP contribution in [0.1, 0.15) is 58.1 Å². The average molecular weight is 338 g/mol. The van der Waals surface area contributed by atoms with Gasteiger partial charge in [0.2, 0.25) is 0 Å². The largest absolute Gasteiger partial charge is 0.378 e. The Labute approximate surface area is 146 Å². The van der Waals surface area contributed by atoms with Crippen molar-refractivity contribution in [3.63, 3.8) is 0 Å². The first-order valence-electron chi connectivity index (χ1n) is 9.09. The molecule has 0 aliphatic rings. The normalized spacial score (nSPS) is 13.4. The lowest BCUT2D eigenvalue weighted by molar-refractivity contribution is 0.0258. The smallest absolute Gasteiger partial charge is 0.191 e. The zero-order chi connectivity index (χ0) is 17.9. The summed E-state index contributed by atoms with van der Waals surface area (Å²) in [6.07, 6.45) is 2.95. The molecule has 6 nitrogen and oxygen atoms in total. The summed E-state index contributed by atoms with van der Waals surface area (Å²) in [7, 11) is 1.78. The first-order chi connectivity index (χ1) is 11.6. The highest BCUT2D eigenvalue weighted by Crippen LogP contribution is 2.15. The number of nitrogens with zero attached hydrogens (tertiary/aromatic N) is 2. The fourth-order valence-corrected chi connectivity index (χ4v) is 2.69. The van der Waals surface area contributed by atoms with Crippen molar-refractivity contribution in [1.29, 1.82) is 0 Å². The first-order valence-corrected chi connectivity index (χ1v) is 9.09. The van der Waals surface area contributed by atoms with Gasteiger partial charge in [-0.05, 0) is 25.7 Å². The van der Waals surface area contributed by atoms with E-state index in [4.69, 9.17) is 9.26 Å². The molecule has 1 unspecified atom stereocenters. The summed E-state index contributed by atoms with van der Waals surface area (Å²) in [4.78, 5) is 4.29. The molecule has 1 aromatic rings. The predicted octanol–water partition coefficient (Wildman–Crippen LogP) is 2.92. The molecule has 24 heavy (non-hydrogen) atoms. The summed E-state index contributed by atoms with van der Waals surface area (Å²) in [6, 6.07) is 0. The van der Waals surface area contributed by atoms with Crippen molar-refractivity contribution in [2.45, 2.75) is 66.5 Å². The molecule has 0 saturated heterocycles. The van der Waals surface area contributed by atoms with Crippen LogP contribution >= 0.6 is 0 Å². The zero-order valence-electron chi connectivity index (χ0n) is 16.1. The second-order valence-corrected chi connectivity index (χ2v) is 6.12. The van der Waals surface area contributed by atoms with Crippen LogP contribution in [-0.2, 0) is 24.1 Å². The van der Waals surface area contributed by atoms with Gasteiger partial charge in [0.25, 0.3) is 0 Å². The maximum absolute atomic E-state index is 5.78. The summed E-state index contributed by atoms with van der Waals surface area (Å²) < 4.78 is 11.2. The molecule has 2 N–H and O–H groups in total. The Morgan fingerprint density at radius 3 is 2.50 bits per heavy atom. The second-order valence-electron chi connectivity index (χ2n) is 6.12. The summed E-state index contributed by atoms with van der Waals surface area (Å²) >= 11 is 0. The van der Waals surface area contributed by atoms with E-state index >= 15 is 0 Å². The molecular formula is C18H34N4O2. The van der Waals surface area contributed by atoms with E-state index in [-0.39, 0.29) is 6.10 Å². The molecule has 138 valence electrons. The van der Waals surface area contributed by atoms with Crippen molar-refractivity contribution in [2.24, 2.45) is 10.9 Å². The van der Waals surface area contributed by atoms with Crippen molar-refractivity contribution in [3.8, 4) is 0 Å². The summed E-state index contributed by atoms with van der Waals surface area (Å²) in [5.41, 5.74) is 2.17. The van der Waals surface area contributed by atoms with E-state index in [0.29, 0.717) is 12.5 Å². The Morgan fingerprint density at radius 2 is 1.96 bits per heavy atom. The Bertz CT molecular complexity index is 476. The number of aliphatic imine (C=N–C) groups is 1. The van der Waals surface area contributed by atoms with Crippen LogP contribution in [0.2, 0.25) is 0 Å². The zero-order valence-corrected chi connectivity index (χ0v) is 16.1. The quantitative estimate of drug-likeness (QED) is 0.507. The van der Waals surface area contributed by atoms with Gasteiger partial charge in [-0.2, -0.15) is 0 Å². The number of aryl methyl sites for hydroxylation is 2. The molecule has 0 spiro atoms. The molecule has 1 atom stereocenters. The minimum atomic E-state index is 0.275. The molecule has 1 rings (SSSR count). The van der Waals surface area contributed by atoms with Crippen LogP contribution in [0.25, 0.3) is 0 Å². The van der Waals surface area contributed by atoms with Crippen LogP contribution in [-0.4, -0.2) is 37.4 Å². The SMILES string of the molecule is CCOC(CCNC(=NC)NCc1c(CC)noc1CC)C(C)C. The fourth-order valence-electron chi connectivity index (χ4n) is 2.69. The molecule has 6 heteroatoms. The lowest BCUT2D eigenvalue weighted by Gasteiger charge is -2.21. The van der Waals surface area contributed by atoms with E-state index in [2.05, 4.69) is 48.5 Å². The van der Waals surface area contributed by atoms with Gasteiger partial charge in [0, 0.05) is 38.7 Å². The van der Waals surface area contributed by atoms with Gasteiger partial charge in [-0.15, -0.1) is 0 Å². The van der Waals surface area contributed by atoms with Crippen molar-refractivity contribution < 1.29 is 9.26 Å². The first kappa shape index (κ1) is 20.5. The molecule has 0 bridgehead atoms. The Balaban J connectivity index is 2.50. The third kappa shape index (κ3) is 6.15. The maximum Gasteiger partial charge on any atom is 0.191 e. The highest BCUT2D eigenvalue weighted by Gasteiger charge is 2.15. The van der Waals surface area contributed by atoms with Crippen LogP contribution in [0.3, 0.4) is 0 Å². The molecule has 0 aliphatic carbocycles. The lowest BCUT2D eigenvalue weighted by atomic mass is 10.0. The molecule has 0 radical (unpaired) electrons. The van der Waals surface area contributed by atoms with E-state index in [1.54, 1.807) is 7.05 Å². The van der Waals surface area contributed by atoms with E-state index < -0.39 is 0 Å². The third-order valence-electron chi connectivity index (χ3n) is 4.11. The number of hydrogen-bond acceptors (Lipinski definition) is 4. The Morgan fingerprint density at radius 1 is 1.21 bits per heavy atom. The van der Waals surface area contributed by atoms with E-state index in [1.165, 1.54) is 0 Å². The minimum Gasteiger partial charge on any atom is -0.378 e. The number of ether oxygens (including phenoxy) is 1. The van der Waals surface area contributed by atoms with Gasteiger partial charge in [0.1, 0.15) is 5.76 Å². The average Bonchev–Trinajstić information content (AvgIpc) is 2.98. The van der Waals surface area contributed by atoms with Gasteiger partial charge in [0.05, 0.1) is 11.8 Å². The van der Waals surface area contributed by atoms with Gasteiger partial charge in [-0.3, -0.25) is 4.99 Å². The summed E-state index contributed by atoms with van der Waals surface area (Å²) in [6.45, 7) is 12.9. The van der Waals surface area contributed by atoms with Gasteiger partial charge < -0.3 is 19.9 Å². The highest BCUT2D eigenvalue weighted by atomic mass is 16.5. The monoisotopic (exact) mass is 338 g/mol. The molecule has 0 aromatic carbocycles. The molecule has 0 saturated carbocycles. The van der Waals surface area contributed by atoms with Crippen LogP contribution in [0, 0.1) is 5.92 Å². The van der Waals surface area contributed by atoms with Crippen molar-refractivity contribution in [2.75, 3.05) is 20.2 Å². The van der Waals surface area contributed by atoms with Crippen molar-refractivity contribution in [3.05, 3.63) is 17.0 Å². The molecular weight excluding hydrogens is 304 g/mol. The van der Waals surface area contributed by atoms with Crippen LogP contribution in [0.5, 0.6) is 0 Å². The maximum atomic E-state index is 5.78. The number of hydrogen-bond donors (Lipinski definition) is 2. The Hall–Kier alpha value is -1.56. The standard InChI is InChI=1S/C18H34N4O2/c1-7-15-14(16(8-2)24-22-15)12-21-18(19-6)20-11-10-17(13(4)5)23-9-3/h13,17H,7-12H2,1-6H3,(H2,19,20,21). The van der Waals surface area contributed by atoms with Gasteiger partial charge in [-0.1, -0.05) is 32.9 Å². The van der Waals surface area contributed by atoms with E-state index in [9.17, 15) is 0 Å². The summed E-state index contributed by atoms with van der Waals surface area (Å²) in [5.74, 6) is 2.25. The molecule has 1 heterocycles. The number of rotatable bonds is 10. The molecule has 0 amide bonds. The van der Waals surface area contributed by atoms with Crippen LogP contribution in [0.4, 0.5) is 0 Å². The minimum absolute atomic E-state index is 0.275. The second kappa shape index (κ2) is 11.1. The topological polar surface area (TPSA) is 71.7 Å². The van der Waals surface area contributed by atoms with E-state index in [0.717, 1.165) is 55.4 Å². The van der Waals surface area contributed by atoms with Gasteiger partial charge in [0.15, 0.2) is 5.96 Å². The van der Waals surface area contributed by atoms with Gasteiger partial charge >= 0.3 is 0 Å². The fraction of sp³-hybridized carbons (Fsp3) is 0.778. The van der Waals surface area contributed by atoms with Gasteiger partial charge in [-0.25, -0.2) is 0 Å². The molecule has 0 fully saturated rings. The predicted molar refractivity (Wildman–Crippen MR) is 98.3 cm³/mol. The number of nitrogens with one attached hydrogen (secondary N) is 2. The summed E-state index contributed by atoms with van der Waals surface area (Å²) in [5, 5.41) is 10.9. The molecule has 0 aliphatic heterocycles. The highest BCUT2D eigenvalue weighted by molar-refractivity contribution is 5.79. The van der Waals surface area contributed by atoms with E-state index in [1.807, 2.05) is 6.92 Å². The van der Waals surface area contributed by atoms with Crippen molar-refractivity contribution in [1.82, 2.24) is 15.8 Å². The van der Waals surface area contributed by atoms with Crippen molar-refractivity contribution >= 4 is 5.96 Å². The third-order valence-corrected chi connectivity index (χ3v) is 4.11. The Kier molecular flexibility index (Phi) is 9.45.